The van der Waals surface area contributed by atoms with Gasteiger partial charge in [-0.2, -0.15) is 0 Å². The van der Waals surface area contributed by atoms with E-state index in [-0.39, 0.29) is 0 Å². The number of hydrogen-bond acceptors (Lipinski definition) is 4. The SMILES string of the molecule is CCC(NC)c1ccc(Sc2cccs2)cn1. The van der Waals surface area contributed by atoms with Crippen molar-refractivity contribution in [3.05, 3.63) is 41.5 Å². The molecule has 0 fully saturated rings. The third kappa shape index (κ3) is 3.31. The molecule has 2 aromatic rings. The van der Waals surface area contributed by atoms with Gasteiger partial charge in [0.1, 0.15) is 0 Å². The lowest BCUT2D eigenvalue weighted by molar-refractivity contribution is 0.561. The van der Waals surface area contributed by atoms with Gasteiger partial charge in [-0.3, -0.25) is 4.98 Å². The number of nitrogens with zero attached hydrogens (tertiary/aromatic N) is 1. The van der Waals surface area contributed by atoms with Gasteiger partial charge in [-0.1, -0.05) is 24.8 Å². The van der Waals surface area contributed by atoms with Crippen LogP contribution in [0.4, 0.5) is 0 Å². The van der Waals surface area contributed by atoms with Crippen LogP contribution in [0.2, 0.25) is 0 Å². The highest BCUT2D eigenvalue weighted by molar-refractivity contribution is 8.01. The van der Waals surface area contributed by atoms with Crippen LogP contribution >= 0.6 is 23.1 Å². The molecule has 2 nitrogen and oxygen atoms in total. The Morgan fingerprint density at radius 3 is 2.82 bits per heavy atom. The van der Waals surface area contributed by atoms with Crippen LogP contribution in [0.3, 0.4) is 0 Å². The second-order valence-corrected chi connectivity index (χ2v) is 6.02. The molecule has 1 atom stereocenters. The highest BCUT2D eigenvalue weighted by atomic mass is 32.2. The molecule has 0 saturated heterocycles. The fourth-order valence-corrected chi connectivity index (χ4v) is 3.37. The van der Waals surface area contributed by atoms with Gasteiger partial charge in [0.2, 0.25) is 0 Å². The maximum Gasteiger partial charge on any atom is 0.0646 e. The lowest BCUT2D eigenvalue weighted by Gasteiger charge is -2.13. The maximum absolute atomic E-state index is 4.52. The van der Waals surface area contributed by atoms with Crippen LogP contribution in [-0.2, 0) is 0 Å². The number of aromatic nitrogens is 1. The predicted molar refractivity (Wildman–Crippen MR) is 74.8 cm³/mol. The van der Waals surface area contributed by atoms with Crippen molar-refractivity contribution in [2.24, 2.45) is 0 Å². The Hall–Kier alpha value is -0.840. The van der Waals surface area contributed by atoms with Gasteiger partial charge in [0.25, 0.3) is 0 Å². The number of hydrogen-bond donors (Lipinski definition) is 1. The van der Waals surface area contributed by atoms with Crippen LogP contribution in [0.1, 0.15) is 25.1 Å². The van der Waals surface area contributed by atoms with E-state index < -0.39 is 0 Å². The Balaban J connectivity index is 2.07. The number of nitrogens with one attached hydrogen (secondary N) is 1. The van der Waals surface area contributed by atoms with Gasteiger partial charge >= 0.3 is 0 Å². The molecular weight excluding hydrogens is 248 g/mol. The summed E-state index contributed by atoms with van der Waals surface area (Å²) in [5.41, 5.74) is 1.12. The molecule has 2 heterocycles. The summed E-state index contributed by atoms with van der Waals surface area (Å²) in [4.78, 5) is 5.72. The first-order valence-electron chi connectivity index (χ1n) is 5.68. The average molecular weight is 264 g/mol. The lowest BCUT2D eigenvalue weighted by Crippen LogP contribution is -2.16. The lowest BCUT2D eigenvalue weighted by atomic mass is 10.1. The van der Waals surface area contributed by atoms with Gasteiger partial charge < -0.3 is 5.32 Å². The molecule has 90 valence electrons. The molecule has 0 spiro atoms. The Labute approximate surface area is 110 Å². The minimum Gasteiger partial charge on any atom is -0.312 e. The molecule has 2 aromatic heterocycles. The van der Waals surface area contributed by atoms with E-state index in [9.17, 15) is 0 Å². The quantitative estimate of drug-likeness (QED) is 0.884. The maximum atomic E-state index is 4.52. The number of thiophene rings is 1. The number of rotatable bonds is 5. The van der Waals surface area contributed by atoms with Gasteiger partial charge in [0, 0.05) is 17.1 Å². The Morgan fingerprint density at radius 2 is 2.29 bits per heavy atom. The molecule has 0 aliphatic rings. The Kier molecular flexibility index (Phi) is 4.59. The van der Waals surface area contributed by atoms with Crippen molar-refractivity contribution in [2.45, 2.75) is 28.5 Å². The molecule has 0 radical (unpaired) electrons. The summed E-state index contributed by atoms with van der Waals surface area (Å²) < 4.78 is 1.31. The van der Waals surface area contributed by atoms with Gasteiger partial charge in [0.05, 0.1) is 9.90 Å². The highest BCUT2D eigenvalue weighted by Crippen LogP contribution is 2.31. The summed E-state index contributed by atoms with van der Waals surface area (Å²) in [6.07, 6.45) is 3.01. The molecule has 0 bridgehead atoms. The summed E-state index contributed by atoms with van der Waals surface area (Å²) in [7, 11) is 1.98. The monoisotopic (exact) mass is 264 g/mol. The minimum atomic E-state index is 0.357. The minimum absolute atomic E-state index is 0.357. The van der Waals surface area contributed by atoms with E-state index in [1.807, 2.05) is 13.2 Å². The van der Waals surface area contributed by atoms with E-state index in [2.05, 4.69) is 46.9 Å². The predicted octanol–water partition coefficient (Wildman–Crippen LogP) is 3.96. The third-order valence-corrected chi connectivity index (χ3v) is 4.60. The van der Waals surface area contributed by atoms with Crippen molar-refractivity contribution in [1.29, 1.82) is 0 Å². The summed E-state index contributed by atoms with van der Waals surface area (Å²) in [6.45, 7) is 2.16. The molecule has 0 aliphatic carbocycles. The van der Waals surface area contributed by atoms with E-state index in [4.69, 9.17) is 0 Å². The molecule has 0 aromatic carbocycles. The summed E-state index contributed by atoms with van der Waals surface area (Å²) in [6, 6.07) is 8.82. The van der Waals surface area contributed by atoms with Crippen LogP contribution in [-0.4, -0.2) is 12.0 Å². The van der Waals surface area contributed by atoms with Gasteiger partial charge in [0.15, 0.2) is 0 Å². The molecular formula is C13H16N2S2. The Morgan fingerprint density at radius 1 is 1.41 bits per heavy atom. The standard InChI is InChI=1S/C13H16N2S2/c1-3-11(14-2)12-7-6-10(9-15-12)17-13-5-4-8-16-13/h4-9,11,14H,3H2,1-2H3. The van der Waals surface area contributed by atoms with Gasteiger partial charge in [-0.05, 0) is 37.0 Å². The molecule has 0 amide bonds. The van der Waals surface area contributed by atoms with Crippen molar-refractivity contribution < 1.29 is 0 Å². The zero-order valence-electron chi connectivity index (χ0n) is 10.0. The van der Waals surface area contributed by atoms with Crippen molar-refractivity contribution in [1.82, 2.24) is 10.3 Å². The molecule has 1 N–H and O–H groups in total. The largest absolute Gasteiger partial charge is 0.312 e. The smallest absolute Gasteiger partial charge is 0.0646 e. The first-order chi connectivity index (χ1) is 8.33. The van der Waals surface area contributed by atoms with Crippen LogP contribution in [0, 0.1) is 0 Å². The van der Waals surface area contributed by atoms with Crippen molar-refractivity contribution in [3.63, 3.8) is 0 Å². The van der Waals surface area contributed by atoms with Crippen LogP contribution in [0.5, 0.6) is 0 Å². The number of pyridine rings is 1. The molecule has 2 rings (SSSR count). The van der Waals surface area contributed by atoms with E-state index in [1.165, 1.54) is 9.10 Å². The topological polar surface area (TPSA) is 24.9 Å². The normalized spacial score (nSPS) is 12.6. The second kappa shape index (κ2) is 6.19. The molecule has 17 heavy (non-hydrogen) atoms. The Bertz CT molecular complexity index is 433. The van der Waals surface area contributed by atoms with E-state index in [0.717, 1.165) is 12.1 Å². The van der Waals surface area contributed by atoms with E-state index >= 15 is 0 Å². The molecule has 0 saturated carbocycles. The first kappa shape index (κ1) is 12.6. The summed E-state index contributed by atoms with van der Waals surface area (Å²) >= 11 is 3.53. The molecule has 4 heteroatoms. The highest BCUT2D eigenvalue weighted by Gasteiger charge is 2.07. The average Bonchev–Trinajstić information content (AvgIpc) is 2.86. The van der Waals surface area contributed by atoms with E-state index in [0.29, 0.717) is 6.04 Å². The molecule has 1 unspecified atom stereocenters. The van der Waals surface area contributed by atoms with Crippen molar-refractivity contribution in [3.8, 4) is 0 Å². The zero-order valence-corrected chi connectivity index (χ0v) is 11.6. The van der Waals surface area contributed by atoms with Crippen molar-refractivity contribution >= 4 is 23.1 Å². The summed E-state index contributed by atoms with van der Waals surface area (Å²) in [5.74, 6) is 0. The van der Waals surface area contributed by atoms with Gasteiger partial charge in [-0.15, -0.1) is 11.3 Å². The van der Waals surface area contributed by atoms with E-state index in [1.54, 1.807) is 23.1 Å². The zero-order chi connectivity index (χ0) is 12.1. The van der Waals surface area contributed by atoms with Crippen LogP contribution < -0.4 is 5.32 Å². The van der Waals surface area contributed by atoms with Crippen LogP contribution in [0.15, 0.2) is 44.9 Å². The summed E-state index contributed by atoms with van der Waals surface area (Å²) in [5, 5.41) is 5.36. The third-order valence-electron chi connectivity index (χ3n) is 2.59. The fourth-order valence-electron chi connectivity index (χ4n) is 1.66. The molecule has 0 aliphatic heterocycles. The van der Waals surface area contributed by atoms with Gasteiger partial charge in [-0.25, -0.2) is 0 Å². The second-order valence-electron chi connectivity index (χ2n) is 3.70. The van der Waals surface area contributed by atoms with Crippen LogP contribution in [0.25, 0.3) is 0 Å². The first-order valence-corrected chi connectivity index (χ1v) is 7.37. The fraction of sp³-hybridized carbons (Fsp3) is 0.308. The van der Waals surface area contributed by atoms with Crippen molar-refractivity contribution in [2.75, 3.05) is 7.05 Å².